The number of carbonyl (C=O) groups excluding carboxylic acids is 2. The van der Waals surface area contributed by atoms with E-state index in [9.17, 15) is 9.59 Å². The first kappa shape index (κ1) is 25.2. The van der Waals surface area contributed by atoms with Crippen molar-refractivity contribution in [3.63, 3.8) is 0 Å². The van der Waals surface area contributed by atoms with Crippen molar-refractivity contribution in [1.82, 2.24) is 10.3 Å². The Balaban J connectivity index is 1.62. The molecule has 0 radical (unpaired) electrons. The minimum atomic E-state index is -0.477. The molecular formula is C25H27N3O7. The predicted molar refractivity (Wildman–Crippen MR) is 129 cm³/mol. The quantitative estimate of drug-likeness (QED) is 0.429. The number of benzene rings is 2. The topological polar surface area (TPSA) is 117 Å². The number of amides is 2. The van der Waals surface area contributed by atoms with E-state index >= 15 is 0 Å². The van der Waals surface area contributed by atoms with Gasteiger partial charge in [-0.25, -0.2) is 0 Å². The highest BCUT2D eigenvalue weighted by Gasteiger charge is 2.17. The van der Waals surface area contributed by atoms with Crippen molar-refractivity contribution in [2.45, 2.75) is 6.61 Å². The maximum absolute atomic E-state index is 12.6. The average Bonchev–Trinajstić information content (AvgIpc) is 2.90. The highest BCUT2D eigenvalue weighted by Crippen LogP contribution is 2.38. The molecule has 1 aromatic heterocycles. The van der Waals surface area contributed by atoms with E-state index in [2.05, 4.69) is 15.6 Å². The fourth-order valence-electron chi connectivity index (χ4n) is 3.19. The monoisotopic (exact) mass is 481 g/mol. The molecule has 2 N–H and O–H groups in total. The second kappa shape index (κ2) is 12.1. The summed E-state index contributed by atoms with van der Waals surface area (Å²) < 4.78 is 27.0. The number of anilines is 1. The number of carbonyl (C=O) groups is 2. The highest BCUT2D eigenvalue weighted by molar-refractivity contribution is 6.00. The van der Waals surface area contributed by atoms with Crippen LogP contribution in [-0.4, -0.2) is 51.8 Å². The van der Waals surface area contributed by atoms with Crippen LogP contribution in [0, 0.1) is 0 Å². The Bertz CT molecular complexity index is 1140. The third-order valence-corrected chi connectivity index (χ3v) is 4.90. The van der Waals surface area contributed by atoms with Crippen LogP contribution in [-0.2, 0) is 11.4 Å². The molecule has 0 spiro atoms. The van der Waals surface area contributed by atoms with Crippen LogP contribution < -0.4 is 34.3 Å². The molecule has 0 unspecified atom stereocenters. The number of nitrogens with one attached hydrogen (secondary N) is 2. The summed E-state index contributed by atoms with van der Waals surface area (Å²) in [7, 11) is 5.91. The van der Waals surface area contributed by atoms with Crippen LogP contribution in [0.15, 0.2) is 54.9 Å². The Hall–Kier alpha value is -4.47. The summed E-state index contributed by atoms with van der Waals surface area (Å²) in [5.74, 6) is 1.10. The molecule has 0 bridgehead atoms. The molecule has 184 valence electrons. The van der Waals surface area contributed by atoms with E-state index in [1.807, 2.05) is 12.1 Å². The molecule has 0 saturated heterocycles. The number of rotatable bonds is 11. The molecule has 0 atom stereocenters. The molecule has 3 rings (SSSR count). The molecule has 3 aromatic rings. The van der Waals surface area contributed by atoms with Gasteiger partial charge in [-0.05, 0) is 30.3 Å². The molecule has 0 aliphatic heterocycles. The number of nitrogens with zero attached hydrogens (tertiary/aromatic N) is 1. The van der Waals surface area contributed by atoms with Crippen LogP contribution in [0.1, 0.15) is 15.9 Å². The lowest BCUT2D eigenvalue weighted by atomic mass is 10.1. The standard InChI is InChI=1S/C25H27N3O7/c1-31-19-8-7-18(12-20(19)35-15-16-6-5-9-26-13-16)28-23(29)14-27-25(30)17-10-21(32-2)24(34-4)22(11-17)33-3/h5-13H,14-15H2,1-4H3,(H,27,30)(H,28,29). The first-order valence-corrected chi connectivity index (χ1v) is 10.6. The van der Waals surface area contributed by atoms with E-state index in [-0.39, 0.29) is 18.7 Å². The molecule has 0 aliphatic rings. The zero-order valence-electron chi connectivity index (χ0n) is 19.9. The third-order valence-electron chi connectivity index (χ3n) is 4.90. The van der Waals surface area contributed by atoms with Crippen LogP contribution in [0.5, 0.6) is 28.7 Å². The molecule has 10 nitrogen and oxygen atoms in total. The zero-order valence-corrected chi connectivity index (χ0v) is 19.9. The average molecular weight is 482 g/mol. The molecule has 2 amide bonds. The summed E-state index contributed by atoms with van der Waals surface area (Å²) in [6, 6.07) is 11.7. The third kappa shape index (κ3) is 6.53. The first-order valence-electron chi connectivity index (χ1n) is 10.6. The summed E-state index contributed by atoms with van der Waals surface area (Å²) in [6.07, 6.45) is 3.38. The largest absolute Gasteiger partial charge is 0.493 e. The van der Waals surface area contributed by atoms with E-state index in [0.717, 1.165) is 5.56 Å². The number of hydrogen-bond donors (Lipinski definition) is 2. The summed E-state index contributed by atoms with van der Waals surface area (Å²) in [5.41, 5.74) is 1.63. The van der Waals surface area contributed by atoms with Crippen molar-refractivity contribution < 1.29 is 33.3 Å². The summed E-state index contributed by atoms with van der Waals surface area (Å²) >= 11 is 0. The van der Waals surface area contributed by atoms with Gasteiger partial charge in [0.05, 0.1) is 35.0 Å². The van der Waals surface area contributed by atoms with Gasteiger partial charge in [-0.3, -0.25) is 14.6 Å². The SMILES string of the molecule is COc1ccc(NC(=O)CNC(=O)c2cc(OC)c(OC)c(OC)c2)cc1OCc1cccnc1. The van der Waals surface area contributed by atoms with Gasteiger partial charge >= 0.3 is 0 Å². The minimum Gasteiger partial charge on any atom is -0.493 e. The fourth-order valence-corrected chi connectivity index (χ4v) is 3.19. The maximum Gasteiger partial charge on any atom is 0.251 e. The van der Waals surface area contributed by atoms with Gasteiger partial charge in [0.2, 0.25) is 11.7 Å². The predicted octanol–water partition coefficient (Wildman–Crippen LogP) is 3.06. The van der Waals surface area contributed by atoms with Crippen LogP contribution in [0.2, 0.25) is 0 Å². The Morgan fingerprint density at radius 2 is 1.57 bits per heavy atom. The van der Waals surface area contributed by atoms with Crippen LogP contribution >= 0.6 is 0 Å². The first-order chi connectivity index (χ1) is 17.0. The van der Waals surface area contributed by atoms with Gasteiger partial charge in [0, 0.05) is 35.3 Å². The molecule has 1 heterocycles. The molecule has 0 saturated carbocycles. The number of methoxy groups -OCH3 is 4. The second-order valence-electron chi connectivity index (χ2n) is 7.16. The second-order valence-corrected chi connectivity index (χ2v) is 7.16. The maximum atomic E-state index is 12.6. The summed E-state index contributed by atoms with van der Waals surface area (Å²) in [5, 5.41) is 5.31. The van der Waals surface area contributed by atoms with E-state index in [1.165, 1.54) is 40.6 Å². The fraction of sp³-hybridized carbons (Fsp3) is 0.240. The zero-order chi connectivity index (χ0) is 25.2. The van der Waals surface area contributed by atoms with Gasteiger partial charge in [0.1, 0.15) is 6.61 Å². The molecule has 0 aliphatic carbocycles. The summed E-state index contributed by atoms with van der Waals surface area (Å²) in [4.78, 5) is 29.1. The van der Waals surface area contributed by atoms with Crippen molar-refractivity contribution in [3.8, 4) is 28.7 Å². The van der Waals surface area contributed by atoms with Crippen LogP contribution in [0.4, 0.5) is 5.69 Å². The van der Waals surface area contributed by atoms with Gasteiger partial charge in [-0.1, -0.05) is 6.07 Å². The Morgan fingerprint density at radius 1 is 0.857 bits per heavy atom. The van der Waals surface area contributed by atoms with Crippen molar-refractivity contribution in [1.29, 1.82) is 0 Å². The number of ether oxygens (including phenoxy) is 5. The lowest BCUT2D eigenvalue weighted by Gasteiger charge is -2.14. The number of aromatic nitrogens is 1. The van der Waals surface area contributed by atoms with Crippen molar-refractivity contribution in [2.75, 3.05) is 40.3 Å². The Labute approximate surface area is 203 Å². The lowest BCUT2D eigenvalue weighted by molar-refractivity contribution is -0.115. The van der Waals surface area contributed by atoms with Gasteiger partial charge in [0.15, 0.2) is 23.0 Å². The Morgan fingerprint density at radius 3 is 2.17 bits per heavy atom. The van der Waals surface area contributed by atoms with Crippen molar-refractivity contribution in [2.24, 2.45) is 0 Å². The minimum absolute atomic E-state index is 0.253. The molecule has 10 heteroatoms. The number of hydrogen-bond acceptors (Lipinski definition) is 8. The highest BCUT2D eigenvalue weighted by atomic mass is 16.5. The van der Waals surface area contributed by atoms with E-state index in [0.29, 0.717) is 34.4 Å². The van der Waals surface area contributed by atoms with Gasteiger partial charge in [-0.2, -0.15) is 0 Å². The smallest absolute Gasteiger partial charge is 0.251 e. The normalized spacial score (nSPS) is 10.2. The van der Waals surface area contributed by atoms with E-state index in [1.54, 1.807) is 30.6 Å². The molecular weight excluding hydrogens is 454 g/mol. The summed E-state index contributed by atoms with van der Waals surface area (Å²) in [6.45, 7) is 0.0276. The molecule has 0 fully saturated rings. The van der Waals surface area contributed by atoms with Crippen LogP contribution in [0.25, 0.3) is 0 Å². The van der Waals surface area contributed by atoms with Crippen molar-refractivity contribution >= 4 is 17.5 Å². The van der Waals surface area contributed by atoms with Gasteiger partial charge in [0.25, 0.3) is 5.91 Å². The van der Waals surface area contributed by atoms with E-state index < -0.39 is 11.8 Å². The molecule has 2 aromatic carbocycles. The van der Waals surface area contributed by atoms with Crippen LogP contribution in [0.3, 0.4) is 0 Å². The van der Waals surface area contributed by atoms with Gasteiger partial charge in [-0.15, -0.1) is 0 Å². The number of pyridine rings is 1. The Kier molecular flexibility index (Phi) is 8.71. The van der Waals surface area contributed by atoms with Gasteiger partial charge < -0.3 is 34.3 Å². The lowest BCUT2D eigenvalue weighted by Crippen LogP contribution is -2.32. The van der Waals surface area contributed by atoms with Crippen molar-refractivity contribution in [3.05, 3.63) is 66.0 Å². The molecule has 35 heavy (non-hydrogen) atoms. The van der Waals surface area contributed by atoms with E-state index in [4.69, 9.17) is 23.7 Å².